The number of nitrogens with one attached hydrogen (secondary N) is 1. The number of carboxylic acids is 1. The number of sulfonamides is 1. The molecule has 0 saturated heterocycles. The molecule has 17 heavy (non-hydrogen) atoms. The smallest absolute Gasteiger partial charge is 0.325 e. The Labute approximate surface area is 98.5 Å². The average molecular weight is 257 g/mol. The largest absolute Gasteiger partial charge is 0.480 e. The van der Waals surface area contributed by atoms with E-state index in [1.54, 1.807) is 0 Å². The molecule has 92 valence electrons. The lowest BCUT2D eigenvalue weighted by Crippen LogP contribution is -2.24. The van der Waals surface area contributed by atoms with E-state index in [-0.39, 0.29) is 24.4 Å². The highest BCUT2D eigenvalue weighted by atomic mass is 32.2. The van der Waals surface area contributed by atoms with Crippen LogP contribution in [-0.2, 0) is 21.4 Å². The van der Waals surface area contributed by atoms with E-state index in [0.29, 0.717) is 0 Å². The van der Waals surface area contributed by atoms with Crippen LogP contribution in [0.1, 0.15) is 6.42 Å². The number of carboxylic acid groups (broad SMARTS) is 1. The number of hydrogen-bond donors (Lipinski definition) is 2. The second-order valence-corrected chi connectivity index (χ2v) is 4.89. The Balaban J connectivity index is 2.75. The molecule has 1 heterocycles. The molecule has 0 aliphatic rings. The summed E-state index contributed by atoms with van der Waals surface area (Å²) in [6.07, 6.45) is 7.50. The van der Waals surface area contributed by atoms with Crippen LogP contribution in [0.25, 0.3) is 0 Å². The maximum absolute atomic E-state index is 11.6. The van der Waals surface area contributed by atoms with Crippen molar-refractivity contribution in [1.82, 2.24) is 14.5 Å². The molecule has 1 aromatic heterocycles. The molecule has 0 aliphatic heterocycles. The summed E-state index contributed by atoms with van der Waals surface area (Å²) in [6.45, 7) is -0.261. The second kappa shape index (κ2) is 5.47. The molecule has 0 atom stereocenters. The van der Waals surface area contributed by atoms with Gasteiger partial charge in [0.05, 0.1) is 6.20 Å². The Hall–Kier alpha value is -1.85. The third-order valence-electron chi connectivity index (χ3n) is 1.78. The molecule has 0 unspecified atom stereocenters. The Morgan fingerprint density at radius 3 is 2.94 bits per heavy atom. The Morgan fingerprint density at radius 1 is 1.65 bits per heavy atom. The standard InChI is InChI=1S/C9H11N3O4S/c1-2-3-4-11-17(15,16)8-5-10-12(6-8)7-9(13)14/h1,5-6,11H,3-4,7H2,(H,13,14). The highest BCUT2D eigenvalue weighted by Crippen LogP contribution is 2.06. The van der Waals surface area contributed by atoms with Crippen molar-refractivity contribution >= 4 is 16.0 Å². The molecule has 0 spiro atoms. The molecule has 0 bridgehead atoms. The number of aromatic nitrogens is 2. The lowest BCUT2D eigenvalue weighted by atomic mass is 10.5. The first-order chi connectivity index (χ1) is 7.95. The number of nitrogens with zero attached hydrogens (tertiary/aromatic N) is 2. The van der Waals surface area contributed by atoms with Crippen LogP contribution >= 0.6 is 0 Å². The normalized spacial score (nSPS) is 11.0. The minimum absolute atomic E-state index is 0.0872. The van der Waals surface area contributed by atoms with Gasteiger partial charge in [-0.1, -0.05) is 0 Å². The average Bonchev–Trinajstić information content (AvgIpc) is 2.66. The van der Waals surface area contributed by atoms with Crippen molar-refractivity contribution in [3.8, 4) is 12.3 Å². The predicted octanol–water partition coefficient (Wildman–Crippen LogP) is -0.731. The second-order valence-electron chi connectivity index (χ2n) is 3.12. The Kier molecular flexibility index (Phi) is 4.25. The number of aliphatic carboxylic acids is 1. The van der Waals surface area contributed by atoms with E-state index >= 15 is 0 Å². The first-order valence-electron chi connectivity index (χ1n) is 4.63. The zero-order chi connectivity index (χ0) is 12.9. The van der Waals surface area contributed by atoms with Gasteiger partial charge in [0.1, 0.15) is 11.4 Å². The van der Waals surface area contributed by atoms with Crippen molar-refractivity contribution in [2.45, 2.75) is 17.9 Å². The highest BCUT2D eigenvalue weighted by molar-refractivity contribution is 7.89. The van der Waals surface area contributed by atoms with E-state index in [9.17, 15) is 13.2 Å². The van der Waals surface area contributed by atoms with Crippen molar-refractivity contribution in [2.75, 3.05) is 6.54 Å². The summed E-state index contributed by atoms with van der Waals surface area (Å²) in [5.74, 6) is 1.20. The highest BCUT2D eigenvalue weighted by Gasteiger charge is 2.16. The number of hydrogen-bond acceptors (Lipinski definition) is 4. The first-order valence-corrected chi connectivity index (χ1v) is 6.11. The molecule has 0 radical (unpaired) electrons. The lowest BCUT2D eigenvalue weighted by molar-refractivity contribution is -0.137. The molecular weight excluding hydrogens is 246 g/mol. The van der Waals surface area contributed by atoms with Crippen LogP contribution < -0.4 is 4.72 Å². The van der Waals surface area contributed by atoms with Crippen molar-refractivity contribution in [3.05, 3.63) is 12.4 Å². The van der Waals surface area contributed by atoms with E-state index in [1.807, 2.05) is 0 Å². The van der Waals surface area contributed by atoms with E-state index in [4.69, 9.17) is 11.5 Å². The molecule has 8 heteroatoms. The summed E-state index contributed by atoms with van der Waals surface area (Å²) in [4.78, 5) is 10.3. The van der Waals surface area contributed by atoms with Crippen LogP contribution in [0.4, 0.5) is 0 Å². The van der Waals surface area contributed by atoms with E-state index < -0.39 is 16.0 Å². The van der Waals surface area contributed by atoms with Crippen LogP contribution in [0.2, 0.25) is 0 Å². The quantitative estimate of drug-likeness (QED) is 0.517. The maximum Gasteiger partial charge on any atom is 0.325 e. The number of carbonyl (C=O) groups is 1. The molecule has 0 amide bonds. The van der Waals surface area contributed by atoms with Crippen molar-refractivity contribution < 1.29 is 18.3 Å². The van der Waals surface area contributed by atoms with E-state index in [2.05, 4.69) is 15.7 Å². The van der Waals surface area contributed by atoms with Gasteiger partial charge in [-0.25, -0.2) is 13.1 Å². The fraction of sp³-hybridized carbons (Fsp3) is 0.333. The van der Waals surface area contributed by atoms with Gasteiger partial charge in [0.2, 0.25) is 10.0 Å². The van der Waals surface area contributed by atoms with Gasteiger partial charge in [0, 0.05) is 19.2 Å². The zero-order valence-corrected chi connectivity index (χ0v) is 9.64. The zero-order valence-electron chi connectivity index (χ0n) is 8.83. The third kappa shape index (κ3) is 3.90. The van der Waals surface area contributed by atoms with Gasteiger partial charge in [-0.05, 0) is 0 Å². The third-order valence-corrected chi connectivity index (χ3v) is 3.19. The summed E-state index contributed by atoms with van der Waals surface area (Å²) in [5.41, 5.74) is 0. The summed E-state index contributed by atoms with van der Waals surface area (Å²) in [5, 5.41) is 12.1. The molecule has 1 aromatic rings. The van der Waals surface area contributed by atoms with Crippen molar-refractivity contribution in [1.29, 1.82) is 0 Å². The predicted molar refractivity (Wildman–Crippen MR) is 58.5 cm³/mol. The summed E-state index contributed by atoms with van der Waals surface area (Å²) >= 11 is 0. The molecule has 0 aliphatic carbocycles. The molecule has 0 aromatic carbocycles. The topological polar surface area (TPSA) is 101 Å². The summed E-state index contributed by atoms with van der Waals surface area (Å²) in [6, 6.07) is 0. The summed E-state index contributed by atoms with van der Waals surface area (Å²) in [7, 11) is -3.67. The van der Waals surface area contributed by atoms with Gasteiger partial charge in [0.15, 0.2) is 0 Å². The van der Waals surface area contributed by atoms with Crippen LogP contribution in [0.5, 0.6) is 0 Å². The van der Waals surface area contributed by atoms with E-state index in [0.717, 1.165) is 17.1 Å². The van der Waals surface area contributed by atoms with Gasteiger partial charge in [-0.2, -0.15) is 5.10 Å². The lowest BCUT2D eigenvalue weighted by Gasteiger charge is -2.01. The first kappa shape index (κ1) is 13.2. The van der Waals surface area contributed by atoms with Crippen molar-refractivity contribution in [3.63, 3.8) is 0 Å². The van der Waals surface area contributed by atoms with Gasteiger partial charge in [-0.3, -0.25) is 9.48 Å². The Morgan fingerprint density at radius 2 is 2.35 bits per heavy atom. The van der Waals surface area contributed by atoms with Crippen LogP contribution in [0, 0.1) is 12.3 Å². The van der Waals surface area contributed by atoms with Gasteiger partial charge < -0.3 is 5.11 Å². The van der Waals surface area contributed by atoms with E-state index in [1.165, 1.54) is 0 Å². The number of rotatable bonds is 6. The van der Waals surface area contributed by atoms with Crippen LogP contribution in [0.15, 0.2) is 17.3 Å². The minimum atomic E-state index is -3.67. The van der Waals surface area contributed by atoms with Gasteiger partial charge in [-0.15, -0.1) is 12.3 Å². The summed E-state index contributed by atoms with van der Waals surface area (Å²) < 4.78 is 26.5. The number of terminal acetylenes is 1. The molecule has 1 rings (SSSR count). The SMILES string of the molecule is C#CCCNS(=O)(=O)c1cnn(CC(=O)O)c1. The molecular formula is C9H11N3O4S. The Bertz CT molecular complexity index is 541. The maximum atomic E-state index is 11.6. The fourth-order valence-electron chi connectivity index (χ4n) is 1.05. The minimum Gasteiger partial charge on any atom is -0.480 e. The molecule has 0 saturated carbocycles. The fourth-order valence-corrected chi connectivity index (χ4v) is 2.03. The van der Waals surface area contributed by atoms with Gasteiger partial charge >= 0.3 is 5.97 Å². The van der Waals surface area contributed by atoms with Crippen LogP contribution in [0.3, 0.4) is 0 Å². The van der Waals surface area contributed by atoms with Crippen molar-refractivity contribution in [2.24, 2.45) is 0 Å². The van der Waals surface area contributed by atoms with Crippen LogP contribution in [-0.4, -0.2) is 35.8 Å². The molecule has 7 nitrogen and oxygen atoms in total. The molecule has 0 fully saturated rings. The van der Waals surface area contributed by atoms with Gasteiger partial charge in [0.25, 0.3) is 0 Å². The molecule has 2 N–H and O–H groups in total. The monoisotopic (exact) mass is 257 g/mol.